The van der Waals surface area contributed by atoms with Crippen LogP contribution in [0.2, 0.25) is 0 Å². The summed E-state index contributed by atoms with van der Waals surface area (Å²) in [6.45, 7) is -0.338. The SMILES string of the molecule is COc1ccc(/C=N/NC(=O)CN(c2ccc(C34CC5CC(CC(C5)C3)C4)cc2)S(C)(=O)=O)cc1. The molecular weight excluding hydrogens is 462 g/mol. The molecule has 1 N–H and O–H groups in total. The number of methoxy groups -OCH3 is 1. The molecule has 0 heterocycles. The maximum atomic E-state index is 12.5. The second-order valence-electron chi connectivity index (χ2n) is 10.6. The van der Waals surface area contributed by atoms with Crippen molar-refractivity contribution in [2.75, 3.05) is 24.2 Å². The van der Waals surface area contributed by atoms with Crippen molar-refractivity contribution in [1.29, 1.82) is 0 Å². The third-order valence-corrected chi connectivity index (χ3v) is 9.15. The minimum Gasteiger partial charge on any atom is -0.497 e. The van der Waals surface area contributed by atoms with Gasteiger partial charge in [0, 0.05) is 0 Å². The van der Waals surface area contributed by atoms with Gasteiger partial charge in [0.25, 0.3) is 5.91 Å². The molecule has 0 spiro atoms. The Morgan fingerprint density at radius 2 is 1.60 bits per heavy atom. The zero-order valence-electron chi connectivity index (χ0n) is 20.3. The standard InChI is InChI=1S/C27H33N3O4S/c1-34-25-9-3-19(4-10-25)17-28-29-26(31)18-30(35(2,32)33)24-7-5-23(6-8-24)27-14-20-11-21(15-27)13-22(12-20)16-27/h3-10,17,20-22H,11-16,18H2,1-2H3,(H,29,31)/b28-17+. The fraction of sp³-hybridized carbons (Fsp3) is 0.481. The number of sulfonamides is 1. The molecule has 0 radical (unpaired) electrons. The number of amides is 1. The highest BCUT2D eigenvalue weighted by Crippen LogP contribution is 2.60. The quantitative estimate of drug-likeness (QED) is 0.442. The molecule has 0 aliphatic heterocycles. The van der Waals surface area contributed by atoms with Gasteiger partial charge in [0.2, 0.25) is 10.0 Å². The number of anilines is 1. The van der Waals surface area contributed by atoms with Gasteiger partial charge in [0.15, 0.2) is 0 Å². The summed E-state index contributed by atoms with van der Waals surface area (Å²) < 4.78 is 31.3. The highest BCUT2D eigenvalue weighted by Gasteiger charge is 2.51. The minimum atomic E-state index is -3.65. The predicted molar refractivity (Wildman–Crippen MR) is 137 cm³/mol. The summed E-state index contributed by atoms with van der Waals surface area (Å²) in [4.78, 5) is 12.5. The molecule has 2 aromatic carbocycles. The van der Waals surface area contributed by atoms with Crippen LogP contribution in [0.5, 0.6) is 5.75 Å². The molecule has 35 heavy (non-hydrogen) atoms. The molecule has 0 unspecified atom stereocenters. The number of hydrogen-bond donors (Lipinski definition) is 1. The smallest absolute Gasteiger partial charge is 0.260 e. The van der Waals surface area contributed by atoms with E-state index in [1.807, 2.05) is 24.3 Å². The number of nitrogens with zero attached hydrogens (tertiary/aromatic N) is 2. The number of nitrogens with one attached hydrogen (secondary N) is 1. The molecule has 8 heteroatoms. The van der Waals surface area contributed by atoms with Gasteiger partial charge in [-0.1, -0.05) is 12.1 Å². The van der Waals surface area contributed by atoms with Gasteiger partial charge in [0.1, 0.15) is 12.3 Å². The third kappa shape index (κ3) is 5.08. The number of ether oxygens (including phenoxy) is 1. The summed E-state index contributed by atoms with van der Waals surface area (Å²) in [6, 6.07) is 15.1. The molecule has 2 aromatic rings. The van der Waals surface area contributed by atoms with E-state index in [1.54, 1.807) is 19.2 Å². The number of carbonyl (C=O) groups excluding carboxylic acids is 1. The van der Waals surface area contributed by atoms with Crippen LogP contribution in [0.25, 0.3) is 0 Å². The molecule has 186 valence electrons. The molecule has 4 aliphatic carbocycles. The lowest BCUT2D eigenvalue weighted by atomic mass is 9.48. The molecule has 4 fully saturated rings. The van der Waals surface area contributed by atoms with E-state index in [1.165, 1.54) is 50.3 Å². The average Bonchev–Trinajstić information content (AvgIpc) is 2.81. The number of hydrogen-bond acceptors (Lipinski definition) is 5. The van der Waals surface area contributed by atoms with Crippen LogP contribution < -0.4 is 14.5 Å². The second kappa shape index (κ2) is 9.30. The molecule has 6 rings (SSSR count). The van der Waals surface area contributed by atoms with E-state index < -0.39 is 15.9 Å². The molecule has 0 saturated heterocycles. The fourth-order valence-electron chi connectivity index (χ4n) is 6.88. The van der Waals surface area contributed by atoms with Gasteiger partial charge in [0.05, 0.1) is 25.3 Å². The van der Waals surface area contributed by atoms with Crippen molar-refractivity contribution in [3.05, 3.63) is 59.7 Å². The van der Waals surface area contributed by atoms with Gasteiger partial charge in [-0.2, -0.15) is 5.10 Å². The van der Waals surface area contributed by atoms with E-state index in [9.17, 15) is 13.2 Å². The number of rotatable bonds is 8. The third-order valence-electron chi connectivity index (χ3n) is 8.01. The summed E-state index contributed by atoms with van der Waals surface area (Å²) in [7, 11) is -2.06. The summed E-state index contributed by atoms with van der Waals surface area (Å²) in [5.74, 6) is 2.75. The molecule has 0 atom stereocenters. The Balaban J connectivity index is 1.26. The Bertz CT molecular complexity index is 1170. The van der Waals surface area contributed by atoms with Crippen LogP contribution in [0.4, 0.5) is 5.69 Å². The molecule has 1 amide bonds. The van der Waals surface area contributed by atoms with Gasteiger partial charge >= 0.3 is 0 Å². The van der Waals surface area contributed by atoms with Crippen molar-refractivity contribution in [2.45, 2.75) is 43.9 Å². The summed E-state index contributed by atoms with van der Waals surface area (Å²) in [5, 5.41) is 3.96. The number of hydrazone groups is 1. The molecule has 4 saturated carbocycles. The van der Waals surface area contributed by atoms with Crippen LogP contribution >= 0.6 is 0 Å². The minimum absolute atomic E-state index is 0.247. The number of carbonyl (C=O) groups is 1. The van der Waals surface area contributed by atoms with Gasteiger partial charge in [-0.15, -0.1) is 0 Å². The Morgan fingerprint density at radius 3 is 2.11 bits per heavy atom. The maximum absolute atomic E-state index is 12.5. The molecule has 0 aromatic heterocycles. The monoisotopic (exact) mass is 495 g/mol. The first-order valence-electron chi connectivity index (χ1n) is 12.3. The van der Waals surface area contributed by atoms with Crippen LogP contribution in [0.3, 0.4) is 0 Å². The lowest BCUT2D eigenvalue weighted by Gasteiger charge is -2.57. The highest BCUT2D eigenvalue weighted by molar-refractivity contribution is 7.92. The first kappa shape index (κ1) is 23.9. The summed E-state index contributed by atoms with van der Waals surface area (Å²) in [5.41, 5.74) is 5.27. The van der Waals surface area contributed by atoms with Crippen molar-refractivity contribution in [1.82, 2.24) is 5.43 Å². The fourth-order valence-corrected chi connectivity index (χ4v) is 7.74. The van der Waals surface area contributed by atoms with Crippen molar-refractivity contribution < 1.29 is 17.9 Å². The van der Waals surface area contributed by atoms with Crippen molar-refractivity contribution in [3.8, 4) is 5.75 Å². The van der Waals surface area contributed by atoms with Crippen LogP contribution in [0.15, 0.2) is 53.6 Å². The van der Waals surface area contributed by atoms with E-state index in [4.69, 9.17) is 4.74 Å². The molecule has 4 bridgehead atoms. The lowest BCUT2D eigenvalue weighted by Crippen LogP contribution is -2.48. The van der Waals surface area contributed by atoms with Gasteiger partial charge in [-0.25, -0.2) is 13.8 Å². The topological polar surface area (TPSA) is 88.1 Å². The lowest BCUT2D eigenvalue weighted by molar-refractivity contribution is -0.119. The zero-order chi connectivity index (χ0) is 24.6. The Kier molecular flexibility index (Phi) is 6.34. The van der Waals surface area contributed by atoms with E-state index >= 15 is 0 Å². The van der Waals surface area contributed by atoms with Crippen LogP contribution in [-0.4, -0.2) is 40.4 Å². The van der Waals surface area contributed by atoms with Crippen molar-refractivity contribution in [3.63, 3.8) is 0 Å². The summed E-state index contributed by atoms with van der Waals surface area (Å²) >= 11 is 0. The van der Waals surface area contributed by atoms with Crippen LogP contribution in [-0.2, 0) is 20.2 Å². The normalized spacial score (nSPS) is 27.2. The Hall–Kier alpha value is -2.87. The van der Waals surface area contributed by atoms with Crippen LogP contribution in [0.1, 0.15) is 49.7 Å². The highest BCUT2D eigenvalue weighted by atomic mass is 32.2. The van der Waals surface area contributed by atoms with E-state index in [0.29, 0.717) is 5.69 Å². The van der Waals surface area contributed by atoms with Gasteiger partial charge in [-0.3, -0.25) is 9.10 Å². The second-order valence-corrected chi connectivity index (χ2v) is 12.5. The maximum Gasteiger partial charge on any atom is 0.260 e. The van der Waals surface area contributed by atoms with E-state index in [0.717, 1.165) is 39.6 Å². The Morgan fingerprint density at radius 1 is 1.03 bits per heavy atom. The van der Waals surface area contributed by atoms with Gasteiger partial charge < -0.3 is 4.74 Å². The van der Waals surface area contributed by atoms with Gasteiger partial charge in [-0.05, 0) is 109 Å². The number of benzene rings is 2. The van der Waals surface area contributed by atoms with E-state index in [-0.39, 0.29) is 12.0 Å². The van der Waals surface area contributed by atoms with Crippen LogP contribution in [0, 0.1) is 17.8 Å². The summed E-state index contributed by atoms with van der Waals surface area (Å²) in [6.07, 6.45) is 10.5. The first-order chi connectivity index (χ1) is 16.7. The van der Waals surface area contributed by atoms with Crippen molar-refractivity contribution >= 4 is 27.8 Å². The Labute approximate surface area is 207 Å². The largest absolute Gasteiger partial charge is 0.497 e. The molecule has 4 aliphatic rings. The first-order valence-corrected chi connectivity index (χ1v) is 14.1. The molecular formula is C27H33N3O4S. The molecule has 7 nitrogen and oxygen atoms in total. The zero-order valence-corrected chi connectivity index (χ0v) is 21.1. The predicted octanol–water partition coefficient (Wildman–Crippen LogP) is 4.08. The van der Waals surface area contributed by atoms with Crippen molar-refractivity contribution in [2.24, 2.45) is 22.9 Å². The van der Waals surface area contributed by atoms with E-state index in [2.05, 4.69) is 22.7 Å². The average molecular weight is 496 g/mol.